The van der Waals surface area contributed by atoms with E-state index in [9.17, 15) is 18.0 Å². The molecule has 1 rings (SSSR count). The van der Waals surface area contributed by atoms with E-state index >= 15 is 0 Å². The Labute approximate surface area is 127 Å². The molecule has 0 aliphatic heterocycles. The Morgan fingerprint density at radius 1 is 1.40 bits per heavy atom. The first kappa shape index (κ1) is 17.1. The molecule has 0 bridgehead atoms. The van der Waals surface area contributed by atoms with Crippen LogP contribution in [0.2, 0.25) is 0 Å². The van der Waals surface area contributed by atoms with Gasteiger partial charge in [-0.1, -0.05) is 0 Å². The van der Waals surface area contributed by atoms with Crippen molar-refractivity contribution in [3.05, 3.63) is 15.9 Å². The van der Waals surface area contributed by atoms with E-state index in [0.717, 1.165) is 11.3 Å². The largest absolute Gasteiger partial charge is 0.481 e. The average molecular weight is 386 g/mol. The summed E-state index contributed by atoms with van der Waals surface area (Å²) in [5.41, 5.74) is 0. The van der Waals surface area contributed by atoms with E-state index in [1.807, 2.05) is 0 Å². The molecule has 112 valence electrons. The molecule has 0 aliphatic carbocycles. The van der Waals surface area contributed by atoms with Crippen molar-refractivity contribution in [1.82, 2.24) is 4.72 Å². The lowest BCUT2D eigenvalue weighted by Gasteiger charge is -2.13. The fraction of sp³-hybridized carbons (Fsp3) is 0.400. The molecule has 1 aromatic rings. The molecule has 0 aliphatic rings. The highest BCUT2D eigenvalue weighted by Crippen LogP contribution is 2.27. The van der Waals surface area contributed by atoms with Crippen LogP contribution in [0.1, 0.15) is 19.3 Å². The maximum Gasteiger partial charge on any atom is 0.321 e. The maximum absolute atomic E-state index is 12.0. The monoisotopic (exact) mass is 385 g/mol. The molecule has 0 radical (unpaired) electrons. The van der Waals surface area contributed by atoms with Gasteiger partial charge in [0.05, 0.1) is 0 Å². The standard InChI is InChI=1S/C10H12BrNO6S2/c11-6-4-5-19-10(6)20(17,18)12-7(9(15)16)2-1-3-8(13)14/h4-5,7,12H,1-3H2,(H,13,14)(H,15,16)/t7-/m1/s1. The molecule has 0 amide bonds. The number of rotatable bonds is 8. The summed E-state index contributed by atoms with van der Waals surface area (Å²) < 4.78 is 26.4. The van der Waals surface area contributed by atoms with Crippen LogP contribution in [-0.4, -0.2) is 36.6 Å². The van der Waals surface area contributed by atoms with Gasteiger partial charge in [-0.2, -0.15) is 4.72 Å². The number of carboxylic acid groups (broad SMARTS) is 2. The van der Waals surface area contributed by atoms with Gasteiger partial charge in [0, 0.05) is 10.9 Å². The Morgan fingerprint density at radius 3 is 2.50 bits per heavy atom. The smallest absolute Gasteiger partial charge is 0.321 e. The molecular weight excluding hydrogens is 374 g/mol. The third-order valence-electron chi connectivity index (χ3n) is 2.31. The van der Waals surface area contributed by atoms with E-state index in [4.69, 9.17) is 10.2 Å². The number of halogens is 1. The number of hydrogen-bond donors (Lipinski definition) is 3. The Hall–Kier alpha value is -0.970. The Balaban J connectivity index is 2.78. The van der Waals surface area contributed by atoms with E-state index in [1.54, 1.807) is 11.4 Å². The van der Waals surface area contributed by atoms with Crippen LogP contribution in [0.4, 0.5) is 0 Å². The molecule has 0 saturated carbocycles. The van der Waals surface area contributed by atoms with Crippen LogP contribution in [0.5, 0.6) is 0 Å². The Kier molecular flexibility index (Phi) is 6.11. The van der Waals surface area contributed by atoms with E-state index in [2.05, 4.69) is 20.7 Å². The first-order valence-corrected chi connectivity index (χ1v) is 8.59. The van der Waals surface area contributed by atoms with E-state index in [-0.39, 0.29) is 23.5 Å². The van der Waals surface area contributed by atoms with Gasteiger partial charge in [-0.15, -0.1) is 11.3 Å². The maximum atomic E-state index is 12.0. The van der Waals surface area contributed by atoms with Gasteiger partial charge < -0.3 is 10.2 Å². The van der Waals surface area contributed by atoms with E-state index < -0.39 is 28.0 Å². The zero-order valence-corrected chi connectivity index (χ0v) is 13.3. The zero-order chi connectivity index (χ0) is 15.3. The van der Waals surface area contributed by atoms with Crippen molar-refractivity contribution in [1.29, 1.82) is 0 Å². The molecular formula is C10H12BrNO6S2. The molecule has 0 fully saturated rings. The molecule has 1 atom stereocenters. The number of carbonyl (C=O) groups is 2. The van der Waals surface area contributed by atoms with Crippen molar-refractivity contribution < 1.29 is 28.2 Å². The molecule has 0 spiro atoms. The number of thiophene rings is 1. The Bertz CT molecular complexity index is 597. The minimum atomic E-state index is -3.95. The molecule has 1 heterocycles. The highest BCUT2D eigenvalue weighted by molar-refractivity contribution is 9.10. The van der Waals surface area contributed by atoms with Crippen LogP contribution in [0.3, 0.4) is 0 Å². The summed E-state index contributed by atoms with van der Waals surface area (Å²) in [4.78, 5) is 21.4. The van der Waals surface area contributed by atoms with E-state index in [1.165, 1.54) is 0 Å². The number of nitrogens with one attached hydrogen (secondary N) is 1. The fourth-order valence-corrected chi connectivity index (χ4v) is 4.98. The van der Waals surface area contributed by atoms with Crippen molar-refractivity contribution >= 4 is 49.2 Å². The molecule has 0 saturated heterocycles. The highest BCUT2D eigenvalue weighted by atomic mass is 79.9. The van der Waals surface area contributed by atoms with Crippen LogP contribution in [-0.2, 0) is 19.6 Å². The number of aliphatic carboxylic acids is 2. The summed E-state index contributed by atoms with van der Waals surface area (Å²) in [6.45, 7) is 0. The lowest BCUT2D eigenvalue weighted by atomic mass is 10.1. The molecule has 1 aromatic heterocycles. The van der Waals surface area contributed by atoms with Crippen molar-refractivity contribution in [3.8, 4) is 0 Å². The fourth-order valence-electron chi connectivity index (χ4n) is 1.40. The zero-order valence-electron chi connectivity index (χ0n) is 10.1. The summed E-state index contributed by atoms with van der Waals surface area (Å²) in [6, 6.07) is 0.188. The van der Waals surface area contributed by atoms with Gasteiger partial charge in [-0.3, -0.25) is 9.59 Å². The van der Waals surface area contributed by atoms with Gasteiger partial charge in [-0.25, -0.2) is 8.42 Å². The third-order valence-corrected chi connectivity index (χ3v) is 6.45. The third kappa shape index (κ3) is 4.85. The minimum Gasteiger partial charge on any atom is -0.481 e. The highest BCUT2D eigenvalue weighted by Gasteiger charge is 2.27. The molecule has 0 unspecified atom stereocenters. The van der Waals surface area contributed by atoms with Crippen molar-refractivity contribution in [2.45, 2.75) is 29.5 Å². The summed E-state index contributed by atoms with van der Waals surface area (Å²) in [7, 11) is -3.95. The summed E-state index contributed by atoms with van der Waals surface area (Å²) in [5, 5.41) is 19.0. The summed E-state index contributed by atoms with van der Waals surface area (Å²) >= 11 is 4.02. The molecule has 3 N–H and O–H groups in total. The van der Waals surface area contributed by atoms with Crippen molar-refractivity contribution in [2.75, 3.05) is 0 Å². The number of hydrogen-bond acceptors (Lipinski definition) is 5. The lowest BCUT2D eigenvalue weighted by Crippen LogP contribution is -2.40. The SMILES string of the molecule is O=C(O)CCC[C@@H](NS(=O)(=O)c1sccc1Br)C(=O)O. The second kappa shape index (κ2) is 7.16. The van der Waals surface area contributed by atoms with Gasteiger partial charge in [0.1, 0.15) is 10.3 Å². The topological polar surface area (TPSA) is 121 Å². The summed E-state index contributed by atoms with van der Waals surface area (Å²) in [5.74, 6) is -2.40. The molecule has 10 heteroatoms. The van der Waals surface area contributed by atoms with Crippen LogP contribution in [0, 0.1) is 0 Å². The lowest BCUT2D eigenvalue weighted by molar-refractivity contribution is -0.140. The van der Waals surface area contributed by atoms with Crippen LogP contribution < -0.4 is 4.72 Å². The van der Waals surface area contributed by atoms with Gasteiger partial charge in [0.25, 0.3) is 10.0 Å². The quantitative estimate of drug-likeness (QED) is 0.623. The van der Waals surface area contributed by atoms with Crippen molar-refractivity contribution in [2.24, 2.45) is 0 Å². The molecule has 20 heavy (non-hydrogen) atoms. The molecule has 0 aromatic carbocycles. The minimum absolute atomic E-state index is 0.0121. The number of carboxylic acids is 2. The van der Waals surface area contributed by atoms with Crippen LogP contribution >= 0.6 is 27.3 Å². The van der Waals surface area contributed by atoms with Gasteiger partial charge in [0.15, 0.2) is 0 Å². The second-order valence-electron chi connectivity index (χ2n) is 3.85. The summed E-state index contributed by atoms with van der Waals surface area (Å²) in [6.07, 6.45) is -0.238. The first-order chi connectivity index (χ1) is 9.24. The van der Waals surface area contributed by atoms with Gasteiger partial charge in [0.2, 0.25) is 0 Å². The first-order valence-electron chi connectivity index (χ1n) is 5.44. The predicted molar refractivity (Wildman–Crippen MR) is 75.3 cm³/mol. The second-order valence-corrected chi connectivity index (χ2v) is 7.53. The predicted octanol–water partition coefficient (Wildman–Crippen LogP) is 1.50. The normalized spacial score (nSPS) is 13.1. The van der Waals surface area contributed by atoms with E-state index in [0.29, 0.717) is 4.47 Å². The van der Waals surface area contributed by atoms with Crippen LogP contribution in [0.15, 0.2) is 20.1 Å². The average Bonchev–Trinajstić information content (AvgIpc) is 2.74. The number of sulfonamides is 1. The van der Waals surface area contributed by atoms with Crippen LogP contribution in [0.25, 0.3) is 0 Å². The molecule has 7 nitrogen and oxygen atoms in total. The Morgan fingerprint density at radius 2 is 2.05 bits per heavy atom. The van der Waals surface area contributed by atoms with Crippen molar-refractivity contribution in [3.63, 3.8) is 0 Å². The van der Waals surface area contributed by atoms with Gasteiger partial charge >= 0.3 is 11.9 Å². The van der Waals surface area contributed by atoms with Gasteiger partial charge in [-0.05, 0) is 40.2 Å².